The van der Waals surface area contributed by atoms with E-state index in [2.05, 4.69) is 10.3 Å². The molecule has 0 aliphatic carbocycles. The van der Waals surface area contributed by atoms with E-state index in [0.717, 1.165) is 33.9 Å². The number of aryl methyl sites for hydroxylation is 3. The molecule has 1 aliphatic heterocycles. The Morgan fingerprint density at radius 1 is 1.28 bits per heavy atom. The number of methoxy groups -OCH3 is 1. The summed E-state index contributed by atoms with van der Waals surface area (Å²) >= 11 is 0. The zero-order valence-corrected chi connectivity index (χ0v) is 17.8. The SMILES string of the molecule is CCC(OC(=O)NC)c1nc(C)nc2c1COCN2c1c(C)cc(OC)cc1C. The number of hydrogen-bond acceptors (Lipinski definition) is 7. The van der Waals surface area contributed by atoms with Gasteiger partial charge in [-0.25, -0.2) is 14.8 Å². The van der Waals surface area contributed by atoms with Crippen LogP contribution in [0.4, 0.5) is 16.3 Å². The summed E-state index contributed by atoms with van der Waals surface area (Å²) in [5, 5.41) is 2.50. The van der Waals surface area contributed by atoms with Crippen molar-refractivity contribution in [2.24, 2.45) is 0 Å². The Kier molecular flexibility index (Phi) is 6.22. The van der Waals surface area contributed by atoms with Gasteiger partial charge in [0.15, 0.2) is 0 Å². The second-order valence-corrected chi connectivity index (χ2v) is 7.03. The summed E-state index contributed by atoms with van der Waals surface area (Å²) < 4.78 is 16.8. The molecular weight excluding hydrogens is 372 g/mol. The van der Waals surface area contributed by atoms with Gasteiger partial charge >= 0.3 is 6.09 Å². The summed E-state index contributed by atoms with van der Waals surface area (Å²) in [5.41, 5.74) is 4.67. The molecule has 2 heterocycles. The van der Waals surface area contributed by atoms with Crippen LogP contribution in [0.25, 0.3) is 0 Å². The Hall–Kier alpha value is -2.87. The molecule has 1 aliphatic rings. The largest absolute Gasteiger partial charge is 0.497 e. The third-order valence-corrected chi connectivity index (χ3v) is 4.95. The van der Waals surface area contributed by atoms with E-state index >= 15 is 0 Å². The van der Waals surface area contributed by atoms with Gasteiger partial charge in [-0.3, -0.25) is 0 Å². The van der Waals surface area contributed by atoms with Crippen molar-refractivity contribution < 1.29 is 19.0 Å². The Bertz CT molecular complexity index is 893. The molecule has 0 fully saturated rings. The first kappa shape index (κ1) is 20.9. The van der Waals surface area contributed by atoms with Crippen molar-refractivity contribution in [3.05, 3.63) is 40.3 Å². The monoisotopic (exact) mass is 400 g/mol. The predicted octanol–water partition coefficient (Wildman–Crippen LogP) is 3.84. The number of carbonyl (C=O) groups excluding carboxylic acids is 1. The van der Waals surface area contributed by atoms with Gasteiger partial charge in [0.25, 0.3) is 0 Å². The van der Waals surface area contributed by atoms with Gasteiger partial charge in [0.05, 0.1) is 25.1 Å². The number of amides is 1. The number of nitrogens with zero attached hydrogens (tertiary/aromatic N) is 3. The lowest BCUT2D eigenvalue weighted by Gasteiger charge is -2.34. The smallest absolute Gasteiger partial charge is 0.407 e. The fourth-order valence-corrected chi connectivity index (χ4v) is 3.68. The summed E-state index contributed by atoms with van der Waals surface area (Å²) in [7, 11) is 3.20. The standard InChI is InChI=1S/C21H28N4O4/c1-7-17(29-21(26)22-5)18-16-10-28-11-25(20(16)24-14(4)23-18)19-12(2)8-15(27-6)9-13(19)3/h8-9,17H,7,10-11H2,1-6H3,(H,22,26). The van der Waals surface area contributed by atoms with E-state index in [4.69, 9.17) is 19.2 Å². The van der Waals surface area contributed by atoms with E-state index in [0.29, 0.717) is 31.3 Å². The molecule has 3 rings (SSSR count). The Balaban J connectivity index is 2.11. The molecule has 8 heteroatoms. The number of rotatable bonds is 5. The molecule has 8 nitrogen and oxygen atoms in total. The lowest BCUT2D eigenvalue weighted by atomic mass is 10.0. The van der Waals surface area contributed by atoms with Crippen molar-refractivity contribution >= 4 is 17.6 Å². The van der Waals surface area contributed by atoms with Gasteiger partial charge in [0, 0.05) is 12.6 Å². The number of ether oxygens (including phenoxy) is 3. The Morgan fingerprint density at radius 3 is 2.55 bits per heavy atom. The van der Waals surface area contributed by atoms with Crippen molar-refractivity contribution in [3.63, 3.8) is 0 Å². The number of anilines is 2. The molecule has 0 spiro atoms. The lowest BCUT2D eigenvalue weighted by molar-refractivity contribution is 0.0861. The third-order valence-electron chi connectivity index (χ3n) is 4.95. The number of hydrogen-bond donors (Lipinski definition) is 1. The van der Waals surface area contributed by atoms with Crippen LogP contribution in [0.3, 0.4) is 0 Å². The van der Waals surface area contributed by atoms with Crippen molar-refractivity contribution in [3.8, 4) is 5.75 Å². The fourth-order valence-electron chi connectivity index (χ4n) is 3.68. The Morgan fingerprint density at radius 2 is 1.97 bits per heavy atom. The topological polar surface area (TPSA) is 85.8 Å². The average Bonchev–Trinajstić information content (AvgIpc) is 2.70. The van der Waals surface area contributed by atoms with Crippen LogP contribution in [0, 0.1) is 20.8 Å². The van der Waals surface area contributed by atoms with Crippen molar-refractivity contribution in [1.29, 1.82) is 0 Å². The molecule has 1 aromatic heterocycles. The van der Waals surface area contributed by atoms with Crippen LogP contribution in [-0.2, 0) is 16.1 Å². The van der Waals surface area contributed by atoms with Crippen LogP contribution in [0.1, 0.15) is 47.7 Å². The van der Waals surface area contributed by atoms with E-state index in [-0.39, 0.29) is 0 Å². The maximum Gasteiger partial charge on any atom is 0.407 e. The first-order chi connectivity index (χ1) is 13.9. The van der Waals surface area contributed by atoms with E-state index in [1.54, 1.807) is 7.11 Å². The van der Waals surface area contributed by atoms with E-state index in [9.17, 15) is 4.79 Å². The molecule has 29 heavy (non-hydrogen) atoms. The van der Waals surface area contributed by atoms with Crippen LogP contribution >= 0.6 is 0 Å². The Labute approximate surface area is 171 Å². The molecule has 0 radical (unpaired) electrons. The van der Waals surface area contributed by atoms with E-state index in [1.807, 2.05) is 44.7 Å². The number of alkyl carbamates (subject to hydrolysis) is 1. The highest BCUT2D eigenvalue weighted by Crippen LogP contribution is 2.39. The summed E-state index contributed by atoms with van der Waals surface area (Å²) in [6, 6.07) is 3.99. The van der Waals surface area contributed by atoms with Crippen LogP contribution in [0.5, 0.6) is 5.75 Å². The van der Waals surface area contributed by atoms with Gasteiger partial charge < -0.3 is 24.4 Å². The molecular formula is C21H28N4O4. The fraction of sp³-hybridized carbons (Fsp3) is 0.476. The van der Waals surface area contributed by atoms with Gasteiger partial charge in [-0.15, -0.1) is 0 Å². The molecule has 1 unspecified atom stereocenters. The maximum absolute atomic E-state index is 11.8. The molecule has 1 aromatic carbocycles. The zero-order valence-electron chi connectivity index (χ0n) is 17.8. The van der Waals surface area contributed by atoms with Gasteiger partial charge in [-0.05, 0) is 50.5 Å². The number of fused-ring (bicyclic) bond motifs is 1. The second-order valence-electron chi connectivity index (χ2n) is 7.03. The molecule has 1 atom stereocenters. The van der Waals surface area contributed by atoms with Crippen LogP contribution in [0.2, 0.25) is 0 Å². The summed E-state index contributed by atoms with van der Waals surface area (Å²) in [5.74, 6) is 2.22. The normalized spacial score (nSPS) is 14.2. The highest BCUT2D eigenvalue weighted by Gasteiger charge is 2.30. The lowest BCUT2D eigenvalue weighted by Crippen LogP contribution is -2.31. The first-order valence-corrected chi connectivity index (χ1v) is 9.65. The molecule has 0 bridgehead atoms. The molecule has 1 N–H and O–H groups in total. The number of nitrogens with one attached hydrogen (secondary N) is 1. The molecule has 0 saturated heterocycles. The van der Waals surface area contributed by atoms with Gasteiger partial charge in [0.2, 0.25) is 0 Å². The summed E-state index contributed by atoms with van der Waals surface area (Å²) in [6.45, 7) is 8.62. The van der Waals surface area contributed by atoms with Crippen molar-refractivity contribution in [1.82, 2.24) is 15.3 Å². The summed E-state index contributed by atoms with van der Waals surface area (Å²) in [4.78, 5) is 23.2. The average molecular weight is 400 g/mol. The van der Waals surface area contributed by atoms with Gasteiger partial charge in [0.1, 0.15) is 30.2 Å². The molecule has 156 valence electrons. The second kappa shape index (κ2) is 8.65. The summed E-state index contributed by atoms with van der Waals surface area (Å²) in [6.07, 6.45) is -0.374. The minimum atomic E-state index is -0.489. The van der Waals surface area contributed by atoms with Crippen LogP contribution in [0.15, 0.2) is 12.1 Å². The highest BCUT2D eigenvalue weighted by molar-refractivity contribution is 5.71. The van der Waals surface area contributed by atoms with E-state index in [1.165, 1.54) is 7.05 Å². The quantitative estimate of drug-likeness (QED) is 0.816. The predicted molar refractivity (Wildman–Crippen MR) is 110 cm³/mol. The van der Waals surface area contributed by atoms with Crippen LogP contribution < -0.4 is 15.0 Å². The molecule has 2 aromatic rings. The third kappa shape index (κ3) is 4.12. The highest BCUT2D eigenvalue weighted by atomic mass is 16.6. The molecule has 1 amide bonds. The zero-order chi connectivity index (χ0) is 21.1. The number of carbonyl (C=O) groups is 1. The van der Waals surface area contributed by atoms with Crippen molar-refractivity contribution in [2.75, 3.05) is 25.8 Å². The van der Waals surface area contributed by atoms with Gasteiger partial charge in [-0.2, -0.15) is 0 Å². The van der Waals surface area contributed by atoms with Crippen molar-refractivity contribution in [2.45, 2.75) is 46.8 Å². The first-order valence-electron chi connectivity index (χ1n) is 9.65. The van der Waals surface area contributed by atoms with Crippen LogP contribution in [-0.4, -0.2) is 36.9 Å². The number of benzene rings is 1. The van der Waals surface area contributed by atoms with E-state index < -0.39 is 12.2 Å². The molecule has 0 saturated carbocycles. The minimum Gasteiger partial charge on any atom is -0.497 e. The number of aromatic nitrogens is 2. The maximum atomic E-state index is 11.8. The minimum absolute atomic E-state index is 0.364. The van der Waals surface area contributed by atoms with Gasteiger partial charge in [-0.1, -0.05) is 6.92 Å².